The van der Waals surface area contributed by atoms with Gasteiger partial charge in [-0.25, -0.2) is 8.42 Å². The number of carbonyl (C=O) groups is 1. The Morgan fingerprint density at radius 1 is 1.19 bits per heavy atom. The maximum Gasteiger partial charge on any atom is 0.243 e. The molecule has 3 N–H and O–H groups in total. The lowest BCUT2D eigenvalue weighted by atomic mass is 9.74. The van der Waals surface area contributed by atoms with Crippen LogP contribution in [-0.2, 0) is 14.8 Å². The molecule has 1 saturated heterocycles. The number of nitrogens with one attached hydrogen (secondary N) is 1. The molecule has 6 nitrogen and oxygen atoms in total. The van der Waals surface area contributed by atoms with E-state index in [1.807, 2.05) is 6.92 Å². The highest BCUT2D eigenvalue weighted by molar-refractivity contribution is 7.89. The summed E-state index contributed by atoms with van der Waals surface area (Å²) in [6, 6.07) is 6.55. The number of rotatable bonds is 4. The summed E-state index contributed by atoms with van der Waals surface area (Å²) in [6.07, 6.45) is 6.49. The van der Waals surface area contributed by atoms with Gasteiger partial charge in [0.05, 0.1) is 10.8 Å². The van der Waals surface area contributed by atoms with Crippen LogP contribution in [0.25, 0.3) is 0 Å². The molecule has 1 aliphatic heterocycles. The predicted octanol–water partition coefficient (Wildman–Crippen LogP) is 2.71. The van der Waals surface area contributed by atoms with Crippen molar-refractivity contribution in [1.29, 1.82) is 0 Å². The van der Waals surface area contributed by atoms with E-state index in [4.69, 9.17) is 5.73 Å². The lowest BCUT2D eigenvalue weighted by Crippen LogP contribution is -2.51. The van der Waals surface area contributed by atoms with Crippen LogP contribution in [0.5, 0.6) is 0 Å². The molecule has 1 heterocycles. The fraction of sp³-hybridized carbons (Fsp3) is 0.632. The van der Waals surface area contributed by atoms with E-state index in [9.17, 15) is 13.2 Å². The third-order valence-electron chi connectivity index (χ3n) is 5.63. The van der Waals surface area contributed by atoms with Crippen LogP contribution < -0.4 is 11.1 Å². The average molecular weight is 380 g/mol. The first kappa shape index (κ1) is 19.3. The Bertz CT molecular complexity index is 755. The first-order chi connectivity index (χ1) is 12.3. The van der Waals surface area contributed by atoms with Crippen molar-refractivity contribution in [2.45, 2.75) is 62.3 Å². The standard InChI is InChI=1S/C19H29N3O3S/c1-19(20)11-4-3-10-17(19)18(23)21-15-8-7-9-16(14-15)26(24,25)22-12-5-2-6-13-22/h7-9,14,17H,2-6,10-13,20H2,1H3,(H,21,23). The molecule has 26 heavy (non-hydrogen) atoms. The van der Waals surface area contributed by atoms with E-state index in [1.54, 1.807) is 24.3 Å². The van der Waals surface area contributed by atoms with E-state index in [1.165, 1.54) is 4.31 Å². The molecule has 144 valence electrons. The number of carbonyl (C=O) groups excluding carboxylic acids is 1. The Morgan fingerprint density at radius 3 is 2.62 bits per heavy atom. The van der Waals surface area contributed by atoms with Crippen LogP contribution in [-0.4, -0.2) is 37.3 Å². The van der Waals surface area contributed by atoms with Crippen LogP contribution in [0.2, 0.25) is 0 Å². The second-order valence-electron chi connectivity index (χ2n) is 7.79. The first-order valence-electron chi connectivity index (χ1n) is 9.51. The van der Waals surface area contributed by atoms with E-state index >= 15 is 0 Å². The lowest BCUT2D eigenvalue weighted by Gasteiger charge is -2.37. The highest BCUT2D eigenvalue weighted by Gasteiger charge is 2.37. The van der Waals surface area contributed by atoms with Gasteiger partial charge < -0.3 is 11.1 Å². The van der Waals surface area contributed by atoms with Crippen molar-refractivity contribution >= 4 is 21.6 Å². The van der Waals surface area contributed by atoms with Crippen molar-refractivity contribution < 1.29 is 13.2 Å². The fourth-order valence-electron chi connectivity index (χ4n) is 4.01. The molecule has 0 aromatic heterocycles. The van der Waals surface area contributed by atoms with E-state index in [0.717, 1.165) is 44.9 Å². The van der Waals surface area contributed by atoms with E-state index < -0.39 is 15.6 Å². The van der Waals surface area contributed by atoms with E-state index in [0.29, 0.717) is 18.8 Å². The van der Waals surface area contributed by atoms with Crippen LogP contribution in [0.3, 0.4) is 0 Å². The van der Waals surface area contributed by atoms with Crippen LogP contribution in [0.1, 0.15) is 51.9 Å². The van der Waals surface area contributed by atoms with Gasteiger partial charge in [-0.2, -0.15) is 4.31 Å². The summed E-state index contributed by atoms with van der Waals surface area (Å²) >= 11 is 0. The maximum absolute atomic E-state index is 12.8. The summed E-state index contributed by atoms with van der Waals surface area (Å²) in [6.45, 7) is 3.05. The van der Waals surface area contributed by atoms with Crippen molar-refractivity contribution in [3.8, 4) is 0 Å². The molecular weight excluding hydrogens is 350 g/mol. The highest BCUT2D eigenvalue weighted by atomic mass is 32.2. The number of piperidine rings is 1. The van der Waals surface area contributed by atoms with Gasteiger partial charge in [0.15, 0.2) is 0 Å². The number of benzene rings is 1. The van der Waals surface area contributed by atoms with Gasteiger partial charge in [0.25, 0.3) is 0 Å². The Kier molecular flexibility index (Phi) is 5.69. The summed E-state index contributed by atoms with van der Waals surface area (Å²) in [5.74, 6) is -0.374. The monoisotopic (exact) mass is 379 g/mol. The molecule has 2 aliphatic rings. The topological polar surface area (TPSA) is 92.5 Å². The largest absolute Gasteiger partial charge is 0.326 e. The van der Waals surface area contributed by atoms with Crippen molar-refractivity contribution in [3.63, 3.8) is 0 Å². The molecule has 0 bridgehead atoms. The normalized spacial score (nSPS) is 27.8. The first-order valence-corrected chi connectivity index (χ1v) is 10.9. The molecule has 0 spiro atoms. The molecule has 2 fully saturated rings. The summed E-state index contributed by atoms with van der Waals surface area (Å²) in [5.41, 5.74) is 6.30. The Hall–Kier alpha value is -1.44. The fourth-order valence-corrected chi connectivity index (χ4v) is 5.57. The number of hydrogen-bond acceptors (Lipinski definition) is 4. The van der Waals surface area contributed by atoms with Gasteiger partial charge >= 0.3 is 0 Å². The van der Waals surface area contributed by atoms with Crippen molar-refractivity contribution in [3.05, 3.63) is 24.3 Å². The minimum atomic E-state index is -3.51. The molecule has 1 aromatic rings. The van der Waals surface area contributed by atoms with Gasteiger partial charge in [0, 0.05) is 24.3 Å². The van der Waals surface area contributed by atoms with Gasteiger partial charge in [-0.1, -0.05) is 25.3 Å². The quantitative estimate of drug-likeness (QED) is 0.841. The number of anilines is 1. The summed E-state index contributed by atoms with van der Waals surface area (Å²) in [7, 11) is -3.51. The van der Waals surface area contributed by atoms with Crippen molar-refractivity contribution in [1.82, 2.24) is 4.31 Å². The lowest BCUT2D eigenvalue weighted by molar-refractivity contribution is -0.122. The van der Waals surface area contributed by atoms with Gasteiger partial charge in [-0.15, -0.1) is 0 Å². The molecule has 1 amide bonds. The molecule has 7 heteroatoms. The zero-order chi connectivity index (χ0) is 18.8. The van der Waals surface area contributed by atoms with Gasteiger partial charge in [0.1, 0.15) is 0 Å². The Morgan fingerprint density at radius 2 is 1.92 bits per heavy atom. The van der Waals surface area contributed by atoms with Crippen LogP contribution >= 0.6 is 0 Å². The number of nitrogens with zero attached hydrogens (tertiary/aromatic N) is 1. The Balaban J connectivity index is 1.76. The van der Waals surface area contributed by atoms with E-state index in [2.05, 4.69) is 5.32 Å². The van der Waals surface area contributed by atoms with Crippen molar-refractivity contribution in [2.75, 3.05) is 18.4 Å². The van der Waals surface area contributed by atoms with Crippen molar-refractivity contribution in [2.24, 2.45) is 11.7 Å². The van der Waals surface area contributed by atoms with Crippen LogP contribution in [0.4, 0.5) is 5.69 Å². The highest BCUT2D eigenvalue weighted by Crippen LogP contribution is 2.32. The molecule has 1 aromatic carbocycles. The summed E-state index contributed by atoms with van der Waals surface area (Å²) in [4.78, 5) is 12.9. The second kappa shape index (κ2) is 7.66. The number of hydrogen-bond donors (Lipinski definition) is 2. The molecule has 1 saturated carbocycles. The maximum atomic E-state index is 12.8. The third kappa shape index (κ3) is 4.10. The number of nitrogens with two attached hydrogens (primary N) is 1. The summed E-state index contributed by atoms with van der Waals surface area (Å²) in [5, 5.41) is 2.88. The Labute approximate surface area is 156 Å². The second-order valence-corrected chi connectivity index (χ2v) is 9.72. The smallest absolute Gasteiger partial charge is 0.243 e. The van der Waals surface area contributed by atoms with Crippen LogP contribution in [0, 0.1) is 5.92 Å². The number of amides is 1. The average Bonchev–Trinajstić information content (AvgIpc) is 2.62. The third-order valence-corrected chi connectivity index (χ3v) is 7.52. The molecule has 1 aliphatic carbocycles. The minimum Gasteiger partial charge on any atom is -0.326 e. The molecule has 0 radical (unpaired) electrons. The van der Waals surface area contributed by atoms with Gasteiger partial charge in [-0.05, 0) is 50.8 Å². The van der Waals surface area contributed by atoms with E-state index in [-0.39, 0.29) is 16.7 Å². The zero-order valence-corrected chi connectivity index (χ0v) is 16.2. The molecule has 2 unspecified atom stereocenters. The zero-order valence-electron chi connectivity index (χ0n) is 15.4. The molecule has 2 atom stereocenters. The van der Waals surface area contributed by atoms with Crippen LogP contribution in [0.15, 0.2) is 29.2 Å². The minimum absolute atomic E-state index is 0.123. The number of sulfonamides is 1. The SMILES string of the molecule is CC1(N)CCCCC1C(=O)Nc1cccc(S(=O)(=O)N2CCCCC2)c1. The van der Waals surface area contributed by atoms with Gasteiger partial charge in [0.2, 0.25) is 15.9 Å². The molecule has 3 rings (SSSR count). The molecular formula is C19H29N3O3S. The summed E-state index contributed by atoms with van der Waals surface area (Å²) < 4.78 is 27.2. The predicted molar refractivity (Wildman–Crippen MR) is 102 cm³/mol. The van der Waals surface area contributed by atoms with Gasteiger partial charge in [-0.3, -0.25) is 4.79 Å².